The molecule has 35 heavy (non-hydrogen) atoms. The molecule has 8 nitrogen and oxygen atoms in total. The molecule has 0 spiro atoms. The average molecular weight is 493 g/mol. The van der Waals surface area contributed by atoms with Crippen molar-refractivity contribution in [2.45, 2.75) is 12.4 Å². The van der Waals surface area contributed by atoms with Crippen LogP contribution < -0.4 is 10.6 Å². The standard InChI is InChI=1S/C21H13F6N7O/c1-28-19(35)10-6-12(20(22,23)24)17(32-7-10)14-3-2-11-13(4-5-29-18(11)34-14)33-16-9-30-15(8-31-16)21(25,26)27/h2-9H,1H3,(H,28,35)(H,29,31,33,34). The third-order valence-electron chi connectivity index (χ3n) is 4.73. The van der Waals surface area contributed by atoms with Gasteiger partial charge in [0.05, 0.1) is 34.9 Å². The largest absolute Gasteiger partial charge is 0.434 e. The van der Waals surface area contributed by atoms with Gasteiger partial charge >= 0.3 is 12.4 Å². The van der Waals surface area contributed by atoms with Gasteiger partial charge in [-0.15, -0.1) is 0 Å². The van der Waals surface area contributed by atoms with Gasteiger partial charge < -0.3 is 10.6 Å². The Bertz CT molecular complexity index is 1400. The molecule has 4 aromatic heterocycles. The first-order valence-electron chi connectivity index (χ1n) is 9.69. The molecule has 0 fully saturated rings. The van der Waals surface area contributed by atoms with Crippen molar-refractivity contribution >= 4 is 28.4 Å². The smallest absolute Gasteiger partial charge is 0.355 e. The molecule has 2 N–H and O–H groups in total. The molecule has 0 saturated carbocycles. The van der Waals surface area contributed by atoms with Gasteiger partial charge in [0.2, 0.25) is 0 Å². The van der Waals surface area contributed by atoms with Crippen molar-refractivity contribution in [1.29, 1.82) is 0 Å². The molecule has 1 amide bonds. The van der Waals surface area contributed by atoms with E-state index in [0.717, 1.165) is 12.4 Å². The van der Waals surface area contributed by atoms with Crippen LogP contribution in [0.1, 0.15) is 21.6 Å². The second-order valence-corrected chi connectivity index (χ2v) is 7.03. The third kappa shape index (κ3) is 4.95. The second kappa shape index (κ2) is 8.77. The topological polar surface area (TPSA) is 106 Å². The number of amides is 1. The van der Waals surface area contributed by atoms with E-state index >= 15 is 0 Å². The summed E-state index contributed by atoms with van der Waals surface area (Å²) in [6.45, 7) is 0. The van der Waals surface area contributed by atoms with E-state index < -0.39 is 35.2 Å². The van der Waals surface area contributed by atoms with Crippen molar-refractivity contribution in [3.63, 3.8) is 0 Å². The molecular weight excluding hydrogens is 480 g/mol. The number of carbonyl (C=O) groups excluding carboxylic acids is 1. The first-order chi connectivity index (χ1) is 16.5. The molecule has 0 aliphatic rings. The highest BCUT2D eigenvalue weighted by atomic mass is 19.4. The molecule has 4 aromatic rings. The maximum Gasteiger partial charge on any atom is 0.434 e. The van der Waals surface area contributed by atoms with Gasteiger partial charge in [-0.25, -0.2) is 19.9 Å². The zero-order valence-electron chi connectivity index (χ0n) is 17.5. The molecule has 0 unspecified atom stereocenters. The number of anilines is 2. The van der Waals surface area contributed by atoms with E-state index in [1.54, 1.807) is 0 Å². The maximum atomic E-state index is 13.7. The van der Waals surface area contributed by atoms with Gasteiger partial charge in [0.1, 0.15) is 11.5 Å². The number of hydrogen-bond donors (Lipinski definition) is 2. The van der Waals surface area contributed by atoms with Crippen LogP contribution in [-0.4, -0.2) is 37.9 Å². The normalized spacial score (nSPS) is 12.0. The Labute approximate surface area is 192 Å². The van der Waals surface area contributed by atoms with E-state index in [-0.39, 0.29) is 22.7 Å². The van der Waals surface area contributed by atoms with E-state index in [1.165, 1.54) is 31.4 Å². The van der Waals surface area contributed by atoms with Crippen molar-refractivity contribution in [2.24, 2.45) is 0 Å². The quantitative estimate of drug-likeness (QED) is 0.400. The van der Waals surface area contributed by atoms with Gasteiger partial charge in [0.25, 0.3) is 5.91 Å². The Kier molecular flexibility index (Phi) is 5.96. The SMILES string of the molecule is CNC(=O)c1cnc(-c2ccc3c(Nc4cnc(C(F)(F)F)cn4)ccnc3n2)c(C(F)(F)F)c1. The molecule has 0 aromatic carbocycles. The van der Waals surface area contributed by atoms with Gasteiger partial charge in [0, 0.05) is 24.8 Å². The van der Waals surface area contributed by atoms with E-state index in [0.29, 0.717) is 23.3 Å². The number of nitrogens with zero attached hydrogens (tertiary/aromatic N) is 5. The molecule has 4 rings (SSSR count). The van der Waals surface area contributed by atoms with Gasteiger partial charge in [-0.2, -0.15) is 26.3 Å². The summed E-state index contributed by atoms with van der Waals surface area (Å²) in [7, 11) is 1.28. The number of halogens is 6. The molecule has 0 atom stereocenters. The van der Waals surface area contributed by atoms with E-state index in [4.69, 9.17) is 0 Å². The summed E-state index contributed by atoms with van der Waals surface area (Å²) >= 11 is 0. The predicted octanol–water partition coefficient (Wildman–Crippen LogP) is 4.62. The van der Waals surface area contributed by atoms with Crippen molar-refractivity contribution < 1.29 is 31.1 Å². The Morgan fingerprint density at radius 3 is 2.29 bits per heavy atom. The van der Waals surface area contributed by atoms with Gasteiger partial charge in [-0.1, -0.05) is 0 Å². The van der Waals surface area contributed by atoms with E-state index in [9.17, 15) is 31.1 Å². The fraction of sp³-hybridized carbons (Fsp3) is 0.143. The Hall–Kier alpha value is -4.36. The second-order valence-electron chi connectivity index (χ2n) is 7.03. The van der Waals surface area contributed by atoms with Crippen LogP contribution in [0.4, 0.5) is 37.8 Å². The summed E-state index contributed by atoms with van der Waals surface area (Å²) in [5, 5.41) is 5.38. The van der Waals surface area contributed by atoms with Crippen LogP contribution >= 0.6 is 0 Å². The van der Waals surface area contributed by atoms with E-state index in [1.807, 2.05) is 0 Å². The van der Waals surface area contributed by atoms with Gasteiger partial charge in [0.15, 0.2) is 11.3 Å². The molecule has 180 valence electrons. The lowest BCUT2D eigenvalue weighted by molar-refractivity contribution is -0.141. The summed E-state index contributed by atoms with van der Waals surface area (Å²) < 4.78 is 79.1. The minimum Gasteiger partial charge on any atom is -0.355 e. The highest BCUT2D eigenvalue weighted by Crippen LogP contribution is 2.37. The number of pyridine rings is 3. The van der Waals surface area contributed by atoms with E-state index in [2.05, 4.69) is 35.6 Å². The number of rotatable bonds is 4. The van der Waals surface area contributed by atoms with Crippen LogP contribution in [0.25, 0.3) is 22.4 Å². The molecule has 0 aliphatic carbocycles. The zero-order chi connectivity index (χ0) is 25.4. The van der Waals surface area contributed by atoms with Crippen LogP contribution in [0.2, 0.25) is 0 Å². The number of aromatic nitrogens is 5. The van der Waals surface area contributed by atoms with Crippen LogP contribution in [0.15, 0.2) is 49.1 Å². The number of nitrogens with one attached hydrogen (secondary N) is 2. The van der Waals surface area contributed by atoms with Gasteiger partial charge in [-0.3, -0.25) is 9.78 Å². The molecule has 0 radical (unpaired) electrons. The van der Waals surface area contributed by atoms with Crippen molar-refractivity contribution in [1.82, 2.24) is 30.2 Å². The fourth-order valence-electron chi connectivity index (χ4n) is 3.10. The Balaban J connectivity index is 1.72. The summed E-state index contributed by atoms with van der Waals surface area (Å²) in [6, 6.07) is 4.88. The maximum absolute atomic E-state index is 13.7. The highest BCUT2D eigenvalue weighted by molar-refractivity contribution is 5.95. The number of fused-ring (bicyclic) bond motifs is 1. The van der Waals surface area contributed by atoms with Crippen molar-refractivity contribution in [2.75, 3.05) is 12.4 Å². The minimum atomic E-state index is -4.82. The number of alkyl halides is 6. The molecule has 14 heteroatoms. The first kappa shape index (κ1) is 23.8. The minimum absolute atomic E-state index is 0.000362. The number of hydrogen-bond acceptors (Lipinski definition) is 7. The molecule has 0 saturated heterocycles. The lowest BCUT2D eigenvalue weighted by Gasteiger charge is -2.14. The lowest BCUT2D eigenvalue weighted by atomic mass is 10.1. The van der Waals surface area contributed by atoms with Crippen LogP contribution in [-0.2, 0) is 12.4 Å². The highest BCUT2D eigenvalue weighted by Gasteiger charge is 2.36. The first-order valence-corrected chi connectivity index (χ1v) is 9.69. The van der Waals surface area contributed by atoms with Crippen LogP contribution in [0.3, 0.4) is 0 Å². The van der Waals surface area contributed by atoms with Gasteiger partial charge in [-0.05, 0) is 24.3 Å². The predicted molar refractivity (Wildman–Crippen MR) is 111 cm³/mol. The summed E-state index contributed by atoms with van der Waals surface area (Å²) in [5.41, 5.74) is -2.86. The summed E-state index contributed by atoms with van der Waals surface area (Å²) in [4.78, 5) is 30.8. The molecule has 0 aliphatic heterocycles. The van der Waals surface area contributed by atoms with Crippen molar-refractivity contribution in [3.05, 3.63) is 65.9 Å². The van der Waals surface area contributed by atoms with Crippen LogP contribution in [0, 0.1) is 0 Å². The summed E-state index contributed by atoms with van der Waals surface area (Å²) in [6.07, 6.45) is -5.69. The number of carbonyl (C=O) groups is 1. The average Bonchev–Trinajstić information content (AvgIpc) is 2.82. The van der Waals surface area contributed by atoms with Crippen LogP contribution in [0.5, 0.6) is 0 Å². The molecule has 0 bridgehead atoms. The Morgan fingerprint density at radius 1 is 0.886 bits per heavy atom. The summed E-state index contributed by atoms with van der Waals surface area (Å²) in [5.74, 6) is -0.731. The third-order valence-corrected chi connectivity index (χ3v) is 4.73. The van der Waals surface area contributed by atoms with Crippen molar-refractivity contribution in [3.8, 4) is 11.4 Å². The lowest BCUT2D eigenvalue weighted by Crippen LogP contribution is -2.20. The fourth-order valence-corrected chi connectivity index (χ4v) is 3.10. The molecule has 4 heterocycles. The molecular formula is C21H13F6N7O. The Morgan fingerprint density at radius 2 is 1.66 bits per heavy atom. The zero-order valence-corrected chi connectivity index (χ0v) is 17.5. The monoisotopic (exact) mass is 493 g/mol.